The molecule has 11 heavy (non-hydrogen) atoms. The number of aliphatic hydroxyl groups is 2. The molecule has 2 heteroatoms. The zero-order chi connectivity index (χ0) is 7.90. The number of hydrogen-bond donors (Lipinski definition) is 2. The summed E-state index contributed by atoms with van der Waals surface area (Å²) in [5, 5.41) is 19.3. The summed E-state index contributed by atoms with van der Waals surface area (Å²) in [5.74, 6) is 0.565. The highest BCUT2D eigenvalue weighted by Crippen LogP contribution is 2.46. The van der Waals surface area contributed by atoms with Gasteiger partial charge in [-0.2, -0.15) is 0 Å². The van der Waals surface area contributed by atoms with Gasteiger partial charge in [-0.15, -0.1) is 0 Å². The molecule has 0 aromatic heterocycles. The van der Waals surface area contributed by atoms with Gasteiger partial charge in [0, 0.05) is 0 Å². The fourth-order valence-electron chi connectivity index (χ4n) is 2.13. The van der Waals surface area contributed by atoms with Crippen molar-refractivity contribution in [2.24, 2.45) is 5.92 Å². The van der Waals surface area contributed by atoms with Gasteiger partial charge in [-0.05, 0) is 44.4 Å². The highest BCUT2D eigenvalue weighted by molar-refractivity contribution is 4.97. The van der Waals surface area contributed by atoms with Gasteiger partial charge in [-0.25, -0.2) is 0 Å². The zero-order valence-electron chi connectivity index (χ0n) is 6.79. The quantitative estimate of drug-likeness (QED) is 0.596. The van der Waals surface area contributed by atoms with Crippen molar-refractivity contribution in [3.05, 3.63) is 0 Å². The number of rotatable bonds is 1. The first-order valence-electron chi connectivity index (χ1n) is 4.61. The van der Waals surface area contributed by atoms with E-state index in [2.05, 4.69) is 0 Å². The largest absolute Gasteiger partial charge is 0.393 e. The van der Waals surface area contributed by atoms with E-state index in [9.17, 15) is 10.2 Å². The monoisotopic (exact) mass is 156 g/mol. The molecule has 0 aromatic carbocycles. The van der Waals surface area contributed by atoms with Crippen molar-refractivity contribution >= 4 is 0 Å². The van der Waals surface area contributed by atoms with Crippen molar-refractivity contribution in [2.75, 3.05) is 0 Å². The van der Waals surface area contributed by atoms with E-state index in [0.717, 1.165) is 25.7 Å². The van der Waals surface area contributed by atoms with Crippen molar-refractivity contribution < 1.29 is 10.2 Å². The highest BCUT2D eigenvalue weighted by atomic mass is 16.3. The van der Waals surface area contributed by atoms with Crippen LogP contribution in [-0.2, 0) is 0 Å². The fraction of sp³-hybridized carbons (Fsp3) is 1.00. The lowest BCUT2D eigenvalue weighted by molar-refractivity contribution is -0.0476. The summed E-state index contributed by atoms with van der Waals surface area (Å²) >= 11 is 0. The summed E-state index contributed by atoms with van der Waals surface area (Å²) in [6, 6.07) is 0. The molecule has 0 aliphatic heterocycles. The molecule has 0 amide bonds. The third-order valence-electron chi connectivity index (χ3n) is 3.16. The molecule has 2 N–H and O–H groups in total. The molecule has 0 spiro atoms. The maximum absolute atomic E-state index is 10.0. The van der Waals surface area contributed by atoms with Crippen LogP contribution in [0.1, 0.15) is 38.5 Å². The Morgan fingerprint density at radius 2 is 1.55 bits per heavy atom. The van der Waals surface area contributed by atoms with E-state index in [1.807, 2.05) is 0 Å². The van der Waals surface area contributed by atoms with Crippen molar-refractivity contribution in [3.63, 3.8) is 0 Å². The molecule has 0 heterocycles. The zero-order valence-corrected chi connectivity index (χ0v) is 6.79. The van der Waals surface area contributed by atoms with Gasteiger partial charge < -0.3 is 10.2 Å². The van der Waals surface area contributed by atoms with Crippen LogP contribution in [0.4, 0.5) is 0 Å². The van der Waals surface area contributed by atoms with Crippen molar-refractivity contribution in [3.8, 4) is 0 Å². The maximum atomic E-state index is 10.0. The minimum atomic E-state index is -0.390. The average molecular weight is 156 g/mol. The first kappa shape index (κ1) is 7.56. The second-order valence-corrected chi connectivity index (χ2v) is 4.11. The van der Waals surface area contributed by atoms with Gasteiger partial charge in [0.1, 0.15) is 0 Å². The van der Waals surface area contributed by atoms with Crippen LogP contribution < -0.4 is 0 Å². The summed E-state index contributed by atoms with van der Waals surface area (Å²) in [4.78, 5) is 0. The van der Waals surface area contributed by atoms with Gasteiger partial charge >= 0.3 is 0 Å². The third-order valence-corrected chi connectivity index (χ3v) is 3.16. The van der Waals surface area contributed by atoms with Crippen molar-refractivity contribution in [2.45, 2.75) is 50.2 Å². The molecule has 2 saturated carbocycles. The van der Waals surface area contributed by atoms with E-state index < -0.39 is 0 Å². The summed E-state index contributed by atoms with van der Waals surface area (Å²) in [6.07, 6.45) is 5.49. The Hall–Kier alpha value is -0.0800. The van der Waals surface area contributed by atoms with Crippen LogP contribution in [0.2, 0.25) is 0 Å². The van der Waals surface area contributed by atoms with E-state index in [-0.39, 0.29) is 11.7 Å². The van der Waals surface area contributed by atoms with E-state index in [1.165, 1.54) is 12.8 Å². The number of aliphatic hydroxyl groups excluding tert-OH is 1. The molecular formula is C9H16O2. The summed E-state index contributed by atoms with van der Waals surface area (Å²) in [6.45, 7) is 0. The van der Waals surface area contributed by atoms with Gasteiger partial charge in [0.05, 0.1) is 11.7 Å². The predicted molar refractivity (Wildman–Crippen MR) is 42.1 cm³/mol. The molecule has 0 aromatic rings. The van der Waals surface area contributed by atoms with Crippen LogP contribution in [0.3, 0.4) is 0 Å². The van der Waals surface area contributed by atoms with Crippen molar-refractivity contribution in [1.82, 2.24) is 0 Å². The molecule has 0 atom stereocenters. The lowest BCUT2D eigenvalue weighted by Crippen LogP contribution is -2.37. The molecule has 2 aliphatic carbocycles. The standard InChI is InChI=1S/C9H16O2/c10-8-3-5-9(11,6-4-8)7-1-2-7/h7-8,10-11H,1-6H2. The van der Waals surface area contributed by atoms with Crippen LogP contribution in [0, 0.1) is 5.92 Å². The van der Waals surface area contributed by atoms with Crippen LogP contribution in [0.15, 0.2) is 0 Å². The van der Waals surface area contributed by atoms with E-state index >= 15 is 0 Å². The second kappa shape index (κ2) is 2.46. The molecule has 2 aliphatic rings. The molecular weight excluding hydrogens is 140 g/mol. The van der Waals surface area contributed by atoms with Gasteiger partial charge in [-0.3, -0.25) is 0 Å². The van der Waals surface area contributed by atoms with Gasteiger partial charge in [-0.1, -0.05) is 0 Å². The first-order valence-corrected chi connectivity index (χ1v) is 4.61. The normalized spacial score (nSPS) is 45.8. The van der Waals surface area contributed by atoms with Gasteiger partial charge in [0.2, 0.25) is 0 Å². The van der Waals surface area contributed by atoms with Gasteiger partial charge in [0.25, 0.3) is 0 Å². The van der Waals surface area contributed by atoms with Gasteiger partial charge in [0.15, 0.2) is 0 Å². The molecule has 2 rings (SSSR count). The Bertz CT molecular complexity index is 144. The van der Waals surface area contributed by atoms with Crippen LogP contribution in [0.25, 0.3) is 0 Å². The Morgan fingerprint density at radius 3 is 2.00 bits per heavy atom. The van der Waals surface area contributed by atoms with Crippen LogP contribution in [0.5, 0.6) is 0 Å². The smallest absolute Gasteiger partial charge is 0.0677 e. The number of hydrogen-bond acceptors (Lipinski definition) is 2. The third kappa shape index (κ3) is 1.42. The minimum Gasteiger partial charge on any atom is -0.393 e. The average Bonchev–Trinajstić information content (AvgIpc) is 2.77. The van der Waals surface area contributed by atoms with Crippen LogP contribution in [-0.4, -0.2) is 21.9 Å². The molecule has 0 radical (unpaired) electrons. The minimum absolute atomic E-state index is 0.144. The molecule has 2 nitrogen and oxygen atoms in total. The Morgan fingerprint density at radius 1 is 1.00 bits per heavy atom. The van der Waals surface area contributed by atoms with E-state index in [0.29, 0.717) is 5.92 Å². The summed E-state index contributed by atoms with van der Waals surface area (Å²) in [7, 11) is 0. The highest BCUT2D eigenvalue weighted by Gasteiger charge is 2.45. The topological polar surface area (TPSA) is 40.5 Å². The Labute approximate surface area is 67.2 Å². The molecule has 0 saturated heterocycles. The lowest BCUT2D eigenvalue weighted by Gasteiger charge is -2.34. The van der Waals surface area contributed by atoms with E-state index in [4.69, 9.17) is 0 Å². The summed E-state index contributed by atoms with van der Waals surface area (Å²) in [5.41, 5.74) is -0.390. The molecule has 64 valence electrons. The summed E-state index contributed by atoms with van der Waals surface area (Å²) < 4.78 is 0. The predicted octanol–water partition coefficient (Wildman–Crippen LogP) is 1.06. The van der Waals surface area contributed by atoms with E-state index in [1.54, 1.807) is 0 Å². The molecule has 0 bridgehead atoms. The SMILES string of the molecule is OC1CCC(O)(C2CC2)CC1. The lowest BCUT2D eigenvalue weighted by atomic mass is 9.80. The first-order chi connectivity index (χ1) is 5.21. The Balaban J connectivity index is 1.93. The van der Waals surface area contributed by atoms with Crippen molar-refractivity contribution in [1.29, 1.82) is 0 Å². The fourth-order valence-corrected chi connectivity index (χ4v) is 2.13. The molecule has 2 fully saturated rings. The Kier molecular flexibility index (Phi) is 1.69. The maximum Gasteiger partial charge on any atom is 0.0677 e. The second-order valence-electron chi connectivity index (χ2n) is 4.11. The molecule has 0 unspecified atom stereocenters. The van der Waals surface area contributed by atoms with Crippen LogP contribution >= 0.6 is 0 Å².